The predicted molar refractivity (Wildman–Crippen MR) is 59.9 cm³/mol. The molecule has 1 unspecified atom stereocenters. The van der Waals surface area contributed by atoms with Gasteiger partial charge < -0.3 is 4.90 Å². The zero-order valence-corrected chi connectivity index (χ0v) is 8.84. The summed E-state index contributed by atoms with van der Waals surface area (Å²) in [5.41, 5.74) is 1.35. The second-order valence-electron chi connectivity index (χ2n) is 3.36. The third-order valence-corrected chi connectivity index (χ3v) is 2.95. The largest absolute Gasteiger partial charge is 0.369 e. The predicted octanol–water partition coefficient (Wildman–Crippen LogP) is 1.60. The van der Waals surface area contributed by atoms with E-state index in [1.807, 2.05) is 0 Å². The van der Waals surface area contributed by atoms with Crippen molar-refractivity contribution < 1.29 is 0 Å². The minimum Gasteiger partial charge on any atom is -0.369 e. The summed E-state index contributed by atoms with van der Waals surface area (Å²) in [5, 5.41) is 0. The lowest BCUT2D eigenvalue weighted by molar-refractivity contribution is 0.429. The summed E-state index contributed by atoms with van der Waals surface area (Å²) in [6.45, 7) is 4.54. The molecule has 0 amide bonds. The maximum absolute atomic E-state index is 2.77. The molecule has 1 aliphatic rings. The summed E-state index contributed by atoms with van der Waals surface area (Å²) < 4.78 is 2.29. The number of piperazine rings is 1. The van der Waals surface area contributed by atoms with E-state index in [1.165, 1.54) is 5.69 Å². The molecule has 1 fully saturated rings. The summed E-state index contributed by atoms with van der Waals surface area (Å²) in [7, 11) is 2.77. The molecule has 1 heterocycles. The zero-order chi connectivity index (χ0) is 9.10. The van der Waals surface area contributed by atoms with E-state index >= 15 is 0 Å². The van der Waals surface area contributed by atoms with E-state index in [2.05, 4.69) is 49.3 Å². The Balaban J connectivity index is 2.03. The molecule has 0 aromatic heterocycles. The highest BCUT2D eigenvalue weighted by Crippen LogP contribution is 2.16. The van der Waals surface area contributed by atoms with Crippen molar-refractivity contribution in [3.05, 3.63) is 30.3 Å². The van der Waals surface area contributed by atoms with Gasteiger partial charge >= 0.3 is 0 Å². The average Bonchev–Trinajstić information content (AvgIpc) is 2.20. The van der Waals surface area contributed by atoms with Crippen LogP contribution in [-0.4, -0.2) is 30.8 Å². The molecule has 1 saturated heterocycles. The Morgan fingerprint density at radius 3 is 2.15 bits per heavy atom. The number of benzene rings is 1. The lowest BCUT2D eigenvalue weighted by atomic mass is 10.2. The van der Waals surface area contributed by atoms with Crippen LogP contribution in [0.1, 0.15) is 0 Å². The van der Waals surface area contributed by atoms with Crippen molar-refractivity contribution in [2.45, 2.75) is 0 Å². The number of hydrogen-bond acceptors (Lipinski definition) is 2. The topological polar surface area (TPSA) is 6.48 Å². The summed E-state index contributed by atoms with van der Waals surface area (Å²) in [6, 6.07) is 10.6. The number of anilines is 1. The smallest absolute Gasteiger partial charge is 0.0367 e. The van der Waals surface area contributed by atoms with Gasteiger partial charge in [-0.2, -0.15) is 0 Å². The van der Waals surface area contributed by atoms with Crippen LogP contribution >= 0.6 is 9.39 Å². The summed E-state index contributed by atoms with van der Waals surface area (Å²) in [4.78, 5) is 2.43. The molecule has 0 radical (unpaired) electrons. The first-order valence-corrected chi connectivity index (χ1v) is 5.17. The Hall–Kier alpha value is -0.590. The molecule has 1 aromatic carbocycles. The van der Waals surface area contributed by atoms with Gasteiger partial charge in [-0.1, -0.05) is 27.6 Å². The first-order valence-electron chi connectivity index (χ1n) is 4.66. The minimum absolute atomic E-state index is 1.13. The average molecular weight is 194 g/mol. The van der Waals surface area contributed by atoms with Crippen LogP contribution in [0.4, 0.5) is 5.69 Å². The van der Waals surface area contributed by atoms with Crippen molar-refractivity contribution in [3.8, 4) is 0 Å². The van der Waals surface area contributed by atoms with Crippen LogP contribution in [0, 0.1) is 0 Å². The molecule has 0 N–H and O–H groups in total. The van der Waals surface area contributed by atoms with Gasteiger partial charge in [0.1, 0.15) is 0 Å². The highest BCUT2D eigenvalue weighted by atomic mass is 31.0. The summed E-state index contributed by atoms with van der Waals surface area (Å²) in [5.74, 6) is 0. The number of rotatable bonds is 1. The maximum atomic E-state index is 2.77. The van der Waals surface area contributed by atoms with Gasteiger partial charge in [0, 0.05) is 31.9 Å². The second-order valence-corrected chi connectivity index (χ2v) is 4.09. The van der Waals surface area contributed by atoms with Crippen LogP contribution in [0.25, 0.3) is 0 Å². The molecule has 0 aliphatic carbocycles. The molecule has 0 bridgehead atoms. The highest BCUT2D eigenvalue weighted by Gasteiger charge is 2.13. The van der Waals surface area contributed by atoms with Crippen LogP contribution in [0.2, 0.25) is 0 Å². The van der Waals surface area contributed by atoms with Gasteiger partial charge in [0.2, 0.25) is 0 Å². The van der Waals surface area contributed by atoms with Crippen LogP contribution in [-0.2, 0) is 0 Å². The second kappa shape index (κ2) is 4.08. The first kappa shape index (κ1) is 8.98. The molecule has 2 nitrogen and oxygen atoms in total. The van der Waals surface area contributed by atoms with Crippen LogP contribution < -0.4 is 4.90 Å². The Labute approximate surface area is 81.8 Å². The fourth-order valence-corrected chi connectivity index (χ4v) is 1.85. The van der Waals surface area contributed by atoms with E-state index in [1.54, 1.807) is 0 Å². The molecule has 1 aliphatic heterocycles. The SMILES string of the molecule is PN1CCN(c2ccccc2)CC1. The van der Waals surface area contributed by atoms with Gasteiger partial charge in [-0.05, 0) is 12.1 Å². The van der Waals surface area contributed by atoms with Crippen molar-refractivity contribution in [3.63, 3.8) is 0 Å². The van der Waals surface area contributed by atoms with E-state index in [-0.39, 0.29) is 0 Å². The molecule has 3 heteroatoms. The number of para-hydroxylation sites is 1. The quantitative estimate of drug-likeness (QED) is 0.626. The van der Waals surface area contributed by atoms with Crippen molar-refractivity contribution in [1.82, 2.24) is 4.67 Å². The van der Waals surface area contributed by atoms with E-state index in [0.717, 1.165) is 26.2 Å². The molecular weight excluding hydrogens is 179 g/mol. The van der Waals surface area contributed by atoms with Crippen molar-refractivity contribution in [1.29, 1.82) is 0 Å². The lowest BCUT2D eigenvalue weighted by Crippen LogP contribution is -2.42. The van der Waals surface area contributed by atoms with E-state index in [0.29, 0.717) is 0 Å². The summed E-state index contributed by atoms with van der Waals surface area (Å²) in [6.07, 6.45) is 0. The Morgan fingerprint density at radius 2 is 1.54 bits per heavy atom. The first-order chi connectivity index (χ1) is 6.36. The highest BCUT2D eigenvalue weighted by molar-refractivity contribution is 7.13. The molecular formula is C10H15N2P. The van der Waals surface area contributed by atoms with Gasteiger partial charge in [0.25, 0.3) is 0 Å². The van der Waals surface area contributed by atoms with Crippen molar-refractivity contribution in [2.24, 2.45) is 0 Å². The standard InChI is InChI=1S/C10H15N2P/c13-12-8-6-11(7-9-12)10-4-2-1-3-5-10/h1-5H,6-9,13H2. The van der Waals surface area contributed by atoms with Gasteiger partial charge in [-0.3, -0.25) is 4.67 Å². The van der Waals surface area contributed by atoms with Gasteiger partial charge in [-0.15, -0.1) is 0 Å². The Kier molecular flexibility index (Phi) is 2.82. The molecule has 1 atom stereocenters. The minimum atomic E-state index is 1.13. The molecule has 2 rings (SSSR count). The van der Waals surface area contributed by atoms with Crippen molar-refractivity contribution in [2.75, 3.05) is 31.1 Å². The fraction of sp³-hybridized carbons (Fsp3) is 0.400. The lowest BCUT2D eigenvalue weighted by Gasteiger charge is -2.33. The number of nitrogens with zero attached hydrogens (tertiary/aromatic N) is 2. The third kappa shape index (κ3) is 2.20. The van der Waals surface area contributed by atoms with E-state index < -0.39 is 0 Å². The Morgan fingerprint density at radius 1 is 0.923 bits per heavy atom. The molecule has 0 spiro atoms. The van der Waals surface area contributed by atoms with Gasteiger partial charge in [0.05, 0.1) is 0 Å². The zero-order valence-electron chi connectivity index (χ0n) is 7.69. The fourth-order valence-electron chi connectivity index (χ4n) is 1.62. The van der Waals surface area contributed by atoms with E-state index in [4.69, 9.17) is 0 Å². The normalized spacial score (nSPS) is 19.0. The van der Waals surface area contributed by atoms with Crippen LogP contribution in [0.3, 0.4) is 0 Å². The molecule has 1 aromatic rings. The maximum Gasteiger partial charge on any atom is 0.0367 e. The monoisotopic (exact) mass is 194 g/mol. The van der Waals surface area contributed by atoms with Gasteiger partial charge in [-0.25, -0.2) is 0 Å². The number of hydrogen-bond donors (Lipinski definition) is 0. The Bertz CT molecular complexity index is 255. The summed E-state index contributed by atoms with van der Waals surface area (Å²) >= 11 is 0. The van der Waals surface area contributed by atoms with Crippen LogP contribution in [0.5, 0.6) is 0 Å². The van der Waals surface area contributed by atoms with Crippen LogP contribution in [0.15, 0.2) is 30.3 Å². The van der Waals surface area contributed by atoms with Gasteiger partial charge in [0.15, 0.2) is 0 Å². The molecule has 70 valence electrons. The van der Waals surface area contributed by atoms with E-state index in [9.17, 15) is 0 Å². The molecule has 0 saturated carbocycles. The third-order valence-electron chi connectivity index (χ3n) is 2.44. The van der Waals surface area contributed by atoms with Crippen molar-refractivity contribution >= 4 is 15.1 Å². The molecule has 13 heavy (non-hydrogen) atoms.